The fraction of sp³-hybridized carbons (Fsp3) is 0. The number of para-hydroxylation sites is 2. The Kier molecular flexibility index (Phi) is 6.02. The second-order valence-electron chi connectivity index (χ2n) is 4.06. The smallest absolute Gasteiger partial charge is 0.220 e. The van der Waals surface area contributed by atoms with Gasteiger partial charge in [0.25, 0.3) is 0 Å². The third-order valence-electron chi connectivity index (χ3n) is 2.42. The molecule has 0 bridgehead atoms. The summed E-state index contributed by atoms with van der Waals surface area (Å²) in [7, 11) is 0. The fourth-order valence-corrected chi connectivity index (χ4v) is 1.91. The summed E-state index contributed by atoms with van der Waals surface area (Å²) in [6.45, 7) is 0. The van der Waals surface area contributed by atoms with E-state index in [2.05, 4.69) is 27.6 Å². The molecule has 3 nitrogen and oxygen atoms in total. The molecule has 0 aliphatic carbocycles. The Bertz CT molecular complexity index is 660. The van der Waals surface area contributed by atoms with Crippen LogP contribution in [0.3, 0.4) is 0 Å². The molecule has 3 rings (SSSR count). The van der Waals surface area contributed by atoms with E-state index in [9.17, 15) is 0 Å². The van der Waals surface area contributed by atoms with E-state index in [0.717, 1.165) is 9.32 Å². The van der Waals surface area contributed by atoms with Crippen molar-refractivity contribution in [2.75, 3.05) is 0 Å². The lowest BCUT2D eigenvalue weighted by atomic mass is 10.3. The number of hydrogen-bond acceptors (Lipinski definition) is 3. The van der Waals surface area contributed by atoms with Gasteiger partial charge in [-0.2, -0.15) is 0 Å². The first-order valence-corrected chi connectivity index (χ1v) is 7.40. The summed E-state index contributed by atoms with van der Waals surface area (Å²) in [5, 5.41) is 8.63. The van der Waals surface area contributed by atoms with Crippen molar-refractivity contribution in [1.29, 1.82) is 0 Å². The summed E-state index contributed by atoms with van der Waals surface area (Å²) < 4.78 is 6.66. The van der Waals surface area contributed by atoms with Crippen LogP contribution in [-0.4, -0.2) is 10.1 Å². The van der Waals surface area contributed by atoms with Gasteiger partial charge in [0.1, 0.15) is 11.5 Å². The van der Waals surface area contributed by atoms with Gasteiger partial charge in [-0.25, -0.2) is 4.98 Å². The molecule has 0 fully saturated rings. The van der Waals surface area contributed by atoms with Crippen LogP contribution >= 0.6 is 22.6 Å². The first kappa shape index (κ1) is 15.3. The molecule has 0 radical (unpaired) electrons. The van der Waals surface area contributed by atoms with Gasteiger partial charge in [-0.3, -0.25) is 0 Å². The average Bonchev–Trinajstić information content (AvgIpc) is 2.50. The molecule has 1 N–H and O–H groups in total. The van der Waals surface area contributed by atoms with E-state index in [1.807, 2.05) is 48.5 Å². The predicted octanol–water partition coefficient (Wildman–Crippen LogP) is 4.87. The van der Waals surface area contributed by atoms with Gasteiger partial charge >= 0.3 is 0 Å². The van der Waals surface area contributed by atoms with E-state index < -0.39 is 0 Å². The number of nitrogens with zero attached hydrogens (tertiary/aromatic N) is 1. The van der Waals surface area contributed by atoms with Crippen molar-refractivity contribution in [1.82, 2.24) is 4.98 Å². The number of phenols is 1. The molecular weight excluding hydrogens is 377 g/mol. The average molecular weight is 391 g/mol. The van der Waals surface area contributed by atoms with E-state index in [-0.39, 0.29) is 0 Å². The second-order valence-corrected chi connectivity index (χ2v) is 5.31. The summed E-state index contributed by atoms with van der Waals surface area (Å²) in [6, 6.07) is 22.2. The third kappa shape index (κ3) is 5.83. The minimum Gasteiger partial charge on any atom is -0.508 e. The van der Waals surface area contributed by atoms with Crippen molar-refractivity contribution in [3.8, 4) is 17.4 Å². The second kappa shape index (κ2) is 8.26. The quantitative estimate of drug-likeness (QED) is 0.634. The van der Waals surface area contributed by atoms with Crippen LogP contribution in [0.25, 0.3) is 0 Å². The molecule has 106 valence electrons. The highest BCUT2D eigenvalue weighted by Crippen LogP contribution is 2.19. The topological polar surface area (TPSA) is 42.4 Å². The minimum absolute atomic E-state index is 0.322. The molecule has 1 heterocycles. The number of pyridine rings is 1. The molecule has 0 atom stereocenters. The summed E-state index contributed by atoms with van der Waals surface area (Å²) >= 11 is 2.23. The van der Waals surface area contributed by atoms with Crippen molar-refractivity contribution in [2.45, 2.75) is 0 Å². The molecular formula is C17H14INO2. The van der Waals surface area contributed by atoms with Crippen LogP contribution in [-0.2, 0) is 0 Å². The third-order valence-corrected chi connectivity index (χ3v) is 3.09. The van der Waals surface area contributed by atoms with Gasteiger partial charge in [-0.1, -0.05) is 36.4 Å². The SMILES string of the molecule is Ic1ccnc(Oc2ccccc2)c1.Oc1ccccc1. The van der Waals surface area contributed by atoms with Gasteiger partial charge in [0.2, 0.25) is 5.88 Å². The largest absolute Gasteiger partial charge is 0.508 e. The lowest BCUT2D eigenvalue weighted by Crippen LogP contribution is -1.87. The summed E-state index contributed by atoms with van der Waals surface area (Å²) in [5.74, 6) is 1.76. The van der Waals surface area contributed by atoms with E-state index in [4.69, 9.17) is 9.84 Å². The summed E-state index contributed by atoms with van der Waals surface area (Å²) in [4.78, 5) is 4.11. The number of halogens is 1. The van der Waals surface area contributed by atoms with Crippen molar-refractivity contribution >= 4 is 22.6 Å². The molecule has 1 aromatic heterocycles. The zero-order valence-electron chi connectivity index (χ0n) is 11.2. The Morgan fingerprint density at radius 1 is 0.857 bits per heavy atom. The first-order valence-electron chi connectivity index (χ1n) is 6.32. The molecule has 0 aliphatic heterocycles. The monoisotopic (exact) mass is 391 g/mol. The number of ether oxygens (including phenoxy) is 1. The molecule has 0 unspecified atom stereocenters. The van der Waals surface area contributed by atoms with Gasteiger partial charge in [-0.05, 0) is 52.9 Å². The highest BCUT2D eigenvalue weighted by atomic mass is 127. The van der Waals surface area contributed by atoms with Gasteiger partial charge < -0.3 is 9.84 Å². The molecule has 0 spiro atoms. The van der Waals surface area contributed by atoms with Crippen LogP contribution in [0.1, 0.15) is 0 Å². The molecule has 3 aromatic rings. The maximum absolute atomic E-state index is 8.63. The molecule has 4 heteroatoms. The van der Waals surface area contributed by atoms with Crippen molar-refractivity contribution in [2.24, 2.45) is 0 Å². The van der Waals surface area contributed by atoms with Crippen molar-refractivity contribution in [3.05, 3.63) is 82.6 Å². The maximum atomic E-state index is 8.63. The highest BCUT2D eigenvalue weighted by Gasteiger charge is 1.97. The standard InChI is InChI=1S/C11H8INO.C6H6O/c12-9-6-7-13-11(8-9)14-10-4-2-1-3-5-10;7-6-4-2-1-3-5-6/h1-8H;1-5,7H. The molecule has 0 aliphatic rings. The van der Waals surface area contributed by atoms with E-state index in [1.165, 1.54) is 0 Å². The molecule has 21 heavy (non-hydrogen) atoms. The van der Waals surface area contributed by atoms with Gasteiger partial charge in [0.15, 0.2) is 0 Å². The predicted molar refractivity (Wildman–Crippen MR) is 91.6 cm³/mol. The summed E-state index contributed by atoms with van der Waals surface area (Å²) in [5.41, 5.74) is 0. The van der Waals surface area contributed by atoms with Crippen LogP contribution in [0.4, 0.5) is 0 Å². The number of rotatable bonds is 2. The van der Waals surface area contributed by atoms with Gasteiger partial charge in [-0.15, -0.1) is 0 Å². The zero-order chi connectivity index (χ0) is 14.9. The lowest BCUT2D eigenvalue weighted by molar-refractivity contribution is 0.462. The molecule has 2 aromatic carbocycles. The Morgan fingerprint density at radius 2 is 1.48 bits per heavy atom. The van der Waals surface area contributed by atoms with Crippen LogP contribution in [0, 0.1) is 3.57 Å². The van der Waals surface area contributed by atoms with Crippen molar-refractivity contribution in [3.63, 3.8) is 0 Å². The number of hydrogen-bond donors (Lipinski definition) is 1. The number of benzene rings is 2. The van der Waals surface area contributed by atoms with Gasteiger partial charge in [0.05, 0.1) is 0 Å². The van der Waals surface area contributed by atoms with Crippen LogP contribution in [0.2, 0.25) is 0 Å². The lowest BCUT2D eigenvalue weighted by Gasteiger charge is -2.03. The Labute approximate surface area is 137 Å². The maximum Gasteiger partial charge on any atom is 0.220 e. The molecule has 0 saturated carbocycles. The Hall–Kier alpha value is -2.08. The van der Waals surface area contributed by atoms with E-state index >= 15 is 0 Å². The van der Waals surface area contributed by atoms with Crippen molar-refractivity contribution < 1.29 is 9.84 Å². The minimum atomic E-state index is 0.322. The fourth-order valence-electron chi connectivity index (χ4n) is 1.48. The van der Waals surface area contributed by atoms with E-state index in [0.29, 0.717) is 11.6 Å². The Morgan fingerprint density at radius 3 is 2.00 bits per heavy atom. The number of aromatic nitrogens is 1. The molecule has 0 amide bonds. The first-order chi connectivity index (χ1) is 10.2. The van der Waals surface area contributed by atoms with Crippen LogP contribution in [0.5, 0.6) is 17.4 Å². The zero-order valence-corrected chi connectivity index (χ0v) is 13.3. The summed E-state index contributed by atoms with van der Waals surface area (Å²) in [6.07, 6.45) is 1.74. The molecule has 0 saturated heterocycles. The highest BCUT2D eigenvalue weighted by molar-refractivity contribution is 14.1. The Balaban J connectivity index is 0.000000194. The number of phenolic OH excluding ortho intramolecular Hbond substituents is 1. The number of aromatic hydroxyl groups is 1. The van der Waals surface area contributed by atoms with Crippen LogP contribution in [0.15, 0.2) is 79.0 Å². The van der Waals surface area contributed by atoms with Crippen LogP contribution < -0.4 is 4.74 Å². The normalized spacial score (nSPS) is 9.38. The van der Waals surface area contributed by atoms with Gasteiger partial charge in [0, 0.05) is 15.8 Å². The van der Waals surface area contributed by atoms with E-state index in [1.54, 1.807) is 30.5 Å².